The van der Waals surface area contributed by atoms with Crippen LogP contribution in [-0.2, 0) is 22.7 Å². The number of anilines is 1. The molecule has 0 saturated carbocycles. The highest BCUT2D eigenvalue weighted by Gasteiger charge is 2.32. The maximum Gasteiger partial charge on any atom is 0.416 e. The Kier molecular flexibility index (Phi) is 6.39. The standard InChI is InChI=1S/C25H22F3N3O3S2/c26-25(27,28)19-7-4-8-20(15-19)29-11-13-30(14-12-29)36(33,34)21-9-10-22-23(16-21)35-24(32)31(22)17-18-5-2-1-3-6-18/h1-10,15-16H,11-14,17H2. The second-order valence-corrected chi connectivity index (χ2v) is 11.4. The number of hydrogen-bond donors (Lipinski definition) is 0. The number of benzene rings is 3. The van der Waals surface area contributed by atoms with Crippen LogP contribution in [0.2, 0.25) is 0 Å². The molecule has 2 heterocycles. The lowest BCUT2D eigenvalue weighted by Crippen LogP contribution is -2.48. The number of sulfonamides is 1. The van der Waals surface area contributed by atoms with Crippen molar-refractivity contribution in [2.45, 2.75) is 17.6 Å². The molecule has 0 aliphatic carbocycles. The average Bonchev–Trinajstić information content (AvgIpc) is 3.18. The summed E-state index contributed by atoms with van der Waals surface area (Å²) in [7, 11) is -3.83. The Morgan fingerprint density at radius 1 is 0.861 bits per heavy atom. The molecule has 0 spiro atoms. The topological polar surface area (TPSA) is 62.6 Å². The predicted molar refractivity (Wildman–Crippen MR) is 134 cm³/mol. The van der Waals surface area contributed by atoms with Gasteiger partial charge in [0, 0.05) is 31.9 Å². The molecular formula is C25H22F3N3O3S2. The third-order valence-electron chi connectivity index (χ3n) is 6.24. The molecule has 36 heavy (non-hydrogen) atoms. The molecule has 5 rings (SSSR count). The van der Waals surface area contributed by atoms with Crippen molar-refractivity contribution in [3.05, 3.63) is 93.6 Å². The zero-order valence-corrected chi connectivity index (χ0v) is 20.6. The van der Waals surface area contributed by atoms with Crippen molar-refractivity contribution in [1.82, 2.24) is 8.87 Å². The summed E-state index contributed by atoms with van der Waals surface area (Å²) in [5, 5.41) is 0. The third-order valence-corrected chi connectivity index (χ3v) is 9.07. The molecule has 1 aliphatic rings. The Morgan fingerprint density at radius 3 is 2.28 bits per heavy atom. The van der Waals surface area contributed by atoms with Gasteiger partial charge >= 0.3 is 11.0 Å². The molecule has 0 N–H and O–H groups in total. The monoisotopic (exact) mass is 533 g/mol. The number of nitrogens with zero attached hydrogens (tertiary/aromatic N) is 3. The van der Waals surface area contributed by atoms with Crippen LogP contribution in [0.15, 0.2) is 82.5 Å². The number of thiazole rings is 1. The fraction of sp³-hybridized carbons (Fsp3) is 0.240. The van der Waals surface area contributed by atoms with E-state index in [1.54, 1.807) is 21.6 Å². The molecule has 1 aliphatic heterocycles. The molecule has 3 aromatic carbocycles. The van der Waals surface area contributed by atoms with Gasteiger partial charge in [0.2, 0.25) is 10.0 Å². The molecule has 1 saturated heterocycles. The molecule has 0 atom stereocenters. The number of fused-ring (bicyclic) bond motifs is 1. The smallest absolute Gasteiger partial charge is 0.369 e. The summed E-state index contributed by atoms with van der Waals surface area (Å²) in [6.45, 7) is 1.21. The highest BCUT2D eigenvalue weighted by molar-refractivity contribution is 7.89. The van der Waals surface area contributed by atoms with Gasteiger partial charge in [0.05, 0.1) is 27.2 Å². The molecule has 0 amide bonds. The molecule has 1 fully saturated rings. The maximum absolute atomic E-state index is 13.3. The normalized spacial score (nSPS) is 15.5. The highest BCUT2D eigenvalue weighted by Crippen LogP contribution is 2.32. The van der Waals surface area contributed by atoms with Gasteiger partial charge in [0.1, 0.15) is 0 Å². The Bertz CT molecular complexity index is 1560. The Hall–Kier alpha value is -3.15. The van der Waals surface area contributed by atoms with Crippen LogP contribution in [-0.4, -0.2) is 43.5 Å². The van der Waals surface area contributed by atoms with E-state index in [0.717, 1.165) is 29.0 Å². The maximum atomic E-state index is 13.3. The SMILES string of the molecule is O=c1sc2cc(S(=O)(=O)N3CCN(c4cccc(C(F)(F)F)c4)CC3)ccc2n1Cc1ccccc1. The minimum Gasteiger partial charge on any atom is -0.369 e. The number of aromatic nitrogens is 1. The van der Waals surface area contributed by atoms with Crippen LogP contribution in [0.25, 0.3) is 10.2 Å². The van der Waals surface area contributed by atoms with Crippen LogP contribution >= 0.6 is 11.3 Å². The van der Waals surface area contributed by atoms with E-state index < -0.39 is 21.8 Å². The van der Waals surface area contributed by atoms with Gasteiger partial charge in [0.25, 0.3) is 0 Å². The van der Waals surface area contributed by atoms with E-state index >= 15 is 0 Å². The summed E-state index contributed by atoms with van der Waals surface area (Å²) < 4.78 is 69.4. The molecule has 188 valence electrons. The quantitative estimate of drug-likeness (QED) is 0.375. The van der Waals surface area contributed by atoms with E-state index in [2.05, 4.69) is 0 Å². The van der Waals surface area contributed by atoms with Crippen molar-refractivity contribution in [1.29, 1.82) is 0 Å². The molecule has 0 radical (unpaired) electrons. The predicted octanol–water partition coefficient (Wildman–Crippen LogP) is 4.64. The molecule has 6 nitrogen and oxygen atoms in total. The Labute approximate surface area is 209 Å². The number of hydrogen-bond acceptors (Lipinski definition) is 5. The van der Waals surface area contributed by atoms with Crippen molar-refractivity contribution in [2.24, 2.45) is 0 Å². The minimum atomic E-state index is -4.44. The first-order valence-corrected chi connectivity index (χ1v) is 13.5. The first kappa shape index (κ1) is 24.5. The second kappa shape index (κ2) is 9.38. The van der Waals surface area contributed by atoms with Gasteiger partial charge < -0.3 is 4.90 Å². The van der Waals surface area contributed by atoms with E-state index in [4.69, 9.17) is 0 Å². The van der Waals surface area contributed by atoms with Gasteiger partial charge in [-0.1, -0.05) is 47.7 Å². The zero-order valence-electron chi connectivity index (χ0n) is 19.0. The molecule has 11 heteroatoms. The van der Waals surface area contributed by atoms with E-state index in [9.17, 15) is 26.4 Å². The lowest BCUT2D eigenvalue weighted by Gasteiger charge is -2.35. The van der Waals surface area contributed by atoms with Crippen molar-refractivity contribution in [3.63, 3.8) is 0 Å². The minimum absolute atomic E-state index is 0.0932. The van der Waals surface area contributed by atoms with Crippen molar-refractivity contribution in [3.8, 4) is 0 Å². The van der Waals surface area contributed by atoms with Crippen LogP contribution in [0.3, 0.4) is 0 Å². The molecule has 1 aromatic heterocycles. The molecular weight excluding hydrogens is 511 g/mol. The molecule has 0 unspecified atom stereocenters. The summed E-state index contributed by atoms with van der Waals surface area (Å²) in [5.41, 5.74) is 1.31. The average molecular weight is 534 g/mol. The van der Waals surface area contributed by atoms with Crippen molar-refractivity contribution >= 4 is 37.3 Å². The highest BCUT2D eigenvalue weighted by atomic mass is 32.2. The summed E-state index contributed by atoms with van der Waals surface area (Å²) >= 11 is 1.00. The number of alkyl halides is 3. The summed E-state index contributed by atoms with van der Waals surface area (Å²) in [4.78, 5) is 14.3. The lowest BCUT2D eigenvalue weighted by molar-refractivity contribution is -0.137. The van der Waals surface area contributed by atoms with E-state index in [0.29, 0.717) is 22.4 Å². The Morgan fingerprint density at radius 2 is 1.58 bits per heavy atom. The second-order valence-electron chi connectivity index (χ2n) is 8.51. The van der Waals surface area contributed by atoms with Gasteiger partial charge in [-0.2, -0.15) is 17.5 Å². The third kappa shape index (κ3) is 4.78. The number of halogens is 3. The largest absolute Gasteiger partial charge is 0.416 e. The number of rotatable bonds is 5. The van der Waals surface area contributed by atoms with Crippen LogP contribution in [0.5, 0.6) is 0 Å². The lowest BCUT2D eigenvalue weighted by atomic mass is 10.1. The fourth-order valence-electron chi connectivity index (χ4n) is 4.34. The van der Waals surface area contributed by atoms with Gasteiger partial charge in [-0.3, -0.25) is 9.36 Å². The van der Waals surface area contributed by atoms with Crippen LogP contribution in [0.1, 0.15) is 11.1 Å². The van der Waals surface area contributed by atoms with Gasteiger partial charge in [-0.25, -0.2) is 8.42 Å². The fourth-order valence-corrected chi connectivity index (χ4v) is 6.79. The van der Waals surface area contributed by atoms with Crippen LogP contribution in [0, 0.1) is 0 Å². The van der Waals surface area contributed by atoms with E-state index in [-0.39, 0.29) is 35.9 Å². The van der Waals surface area contributed by atoms with Gasteiger partial charge in [-0.15, -0.1) is 0 Å². The summed E-state index contributed by atoms with van der Waals surface area (Å²) in [5.74, 6) is 0. The van der Waals surface area contributed by atoms with E-state index in [1.807, 2.05) is 30.3 Å². The number of piperazine rings is 1. The van der Waals surface area contributed by atoms with Gasteiger partial charge in [0.15, 0.2) is 0 Å². The van der Waals surface area contributed by atoms with Crippen molar-refractivity contribution in [2.75, 3.05) is 31.1 Å². The molecule has 0 bridgehead atoms. The molecule has 4 aromatic rings. The summed E-state index contributed by atoms with van der Waals surface area (Å²) in [6.07, 6.45) is -4.44. The summed E-state index contributed by atoms with van der Waals surface area (Å²) in [6, 6.07) is 19.3. The first-order chi connectivity index (χ1) is 17.1. The van der Waals surface area contributed by atoms with Crippen molar-refractivity contribution < 1.29 is 21.6 Å². The Balaban J connectivity index is 1.34. The zero-order chi connectivity index (χ0) is 25.5. The van der Waals surface area contributed by atoms with E-state index in [1.165, 1.54) is 22.5 Å². The van der Waals surface area contributed by atoms with Crippen LogP contribution < -0.4 is 9.77 Å². The van der Waals surface area contributed by atoms with Crippen LogP contribution in [0.4, 0.5) is 18.9 Å². The van der Waals surface area contributed by atoms with Gasteiger partial charge in [-0.05, 0) is 42.0 Å². The first-order valence-electron chi connectivity index (χ1n) is 11.2.